The lowest BCUT2D eigenvalue weighted by molar-refractivity contribution is 0.688. The number of aryl methyl sites for hydroxylation is 1. The van der Waals surface area contributed by atoms with E-state index in [1.165, 1.54) is 18.4 Å². The van der Waals surface area contributed by atoms with Gasteiger partial charge in [0.2, 0.25) is 0 Å². The second-order valence-corrected chi connectivity index (χ2v) is 5.25. The number of nitrogens with one attached hydrogen (secondary N) is 1. The molecule has 1 aromatic carbocycles. The zero-order valence-corrected chi connectivity index (χ0v) is 11.1. The minimum atomic E-state index is 0.722. The Morgan fingerprint density at radius 3 is 2.83 bits per heavy atom. The average molecular weight is 262 g/mol. The molecule has 4 heteroatoms. The molecule has 0 aliphatic heterocycles. The van der Waals surface area contributed by atoms with Gasteiger partial charge in [0.05, 0.1) is 10.7 Å². The number of aromatic nitrogens is 2. The van der Waals surface area contributed by atoms with Gasteiger partial charge in [-0.15, -0.1) is 0 Å². The Hall–Kier alpha value is -1.32. The quantitative estimate of drug-likeness (QED) is 0.917. The molecule has 3 rings (SSSR count). The van der Waals surface area contributed by atoms with Crippen LogP contribution in [0.15, 0.2) is 30.5 Å². The SMILES string of the molecule is Cn1ccc(-c2ccc(CNC3CC3)cc2Cl)n1. The maximum absolute atomic E-state index is 6.33. The van der Waals surface area contributed by atoms with E-state index in [2.05, 4.69) is 22.5 Å². The summed E-state index contributed by atoms with van der Waals surface area (Å²) in [6.07, 6.45) is 4.54. The van der Waals surface area contributed by atoms with Crippen molar-refractivity contribution in [3.63, 3.8) is 0 Å². The van der Waals surface area contributed by atoms with Crippen molar-refractivity contribution in [2.75, 3.05) is 0 Å². The average Bonchev–Trinajstić information content (AvgIpc) is 3.09. The second-order valence-electron chi connectivity index (χ2n) is 4.84. The Labute approximate surface area is 112 Å². The van der Waals surface area contributed by atoms with Gasteiger partial charge in [0.25, 0.3) is 0 Å². The lowest BCUT2D eigenvalue weighted by Crippen LogP contribution is -2.15. The lowest BCUT2D eigenvalue weighted by Gasteiger charge is -2.06. The first-order valence-corrected chi connectivity index (χ1v) is 6.62. The van der Waals surface area contributed by atoms with E-state index >= 15 is 0 Å². The summed E-state index contributed by atoms with van der Waals surface area (Å²) in [5.74, 6) is 0. The fourth-order valence-electron chi connectivity index (χ4n) is 1.98. The van der Waals surface area contributed by atoms with E-state index in [-0.39, 0.29) is 0 Å². The molecule has 1 aromatic heterocycles. The van der Waals surface area contributed by atoms with Gasteiger partial charge in [0, 0.05) is 31.4 Å². The van der Waals surface area contributed by atoms with E-state index in [0.29, 0.717) is 0 Å². The fraction of sp³-hybridized carbons (Fsp3) is 0.357. The van der Waals surface area contributed by atoms with Gasteiger partial charge in [-0.25, -0.2) is 0 Å². The standard InChI is InChI=1S/C14H16ClN3/c1-18-7-6-14(17-18)12-5-2-10(8-13(12)15)9-16-11-3-4-11/h2,5-8,11,16H,3-4,9H2,1H3. The van der Waals surface area contributed by atoms with Gasteiger partial charge in [-0.05, 0) is 30.5 Å². The molecule has 1 N–H and O–H groups in total. The van der Waals surface area contributed by atoms with Crippen LogP contribution in [0.5, 0.6) is 0 Å². The Kier molecular flexibility index (Phi) is 3.10. The number of benzene rings is 1. The largest absolute Gasteiger partial charge is 0.310 e. The minimum Gasteiger partial charge on any atom is -0.310 e. The summed E-state index contributed by atoms with van der Waals surface area (Å²) in [5, 5.41) is 8.62. The van der Waals surface area contributed by atoms with Gasteiger partial charge in [0.1, 0.15) is 0 Å². The second kappa shape index (κ2) is 4.75. The Morgan fingerprint density at radius 2 is 2.22 bits per heavy atom. The monoisotopic (exact) mass is 261 g/mol. The molecule has 0 unspecified atom stereocenters. The maximum Gasteiger partial charge on any atom is 0.0937 e. The van der Waals surface area contributed by atoms with E-state index < -0.39 is 0 Å². The van der Waals surface area contributed by atoms with Crippen molar-refractivity contribution in [2.24, 2.45) is 7.05 Å². The van der Waals surface area contributed by atoms with E-state index in [1.54, 1.807) is 4.68 Å². The van der Waals surface area contributed by atoms with Crippen molar-refractivity contribution in [3.8, 4) is 11.3 Å². The molecule has 1 saturated carbocycles. The normalized spacial score (nSPS) is 15.0. The van der Waals surface area contributed by atoms with Crippen LogP contribution in [-0.4, -0.2) is 15.8 Å². The predicted molar refractivity (Wildman–Crippen MR) is 73.5 cm³/mol. The number of hydrogen-bond donors (Lipinski definition) is 1. The number of halogens is 1. The molecule has 0 spiro atoms. The molecule has 1 heterocycles. The molecular formula is C14H16ClN3. The molecule has 0 amide bonds. The molecule has 2 aromatic rings. The van der Waals surface area contributed by atoms with Crippen LogP contribution in [0, 0.1) is 0 Å². The fourth-order valence-corrected chi connectivity index (χ4v) is 2.28. The summed E-state index contributed by atoms with van der Waals surface area (Å²) in [7, 11) is 1.91. The van der Waals surface area contributed by atoms with Crippen LogP contribution in [-0.2, 0) is 13.6 Å². The molecule has 0 saturated heterocycles. The smallest absolute Gasteiger partial charge is 0.0937 e. The summed E-state index contributed by atoms with van der Waals surface area (Å²) < 4.78 is 1.79. The number of hydrogen-bond acceptors (Lipinski definition) is 2. The first-order valence-electron chi connectivity index (χ1n) is 6.24. The third-order valence-corrected chi connectivity index (χ3v) is 3.51. The van der Waals surface area contributed by atoms with Crippen LogP contribution in [0.2, 0.25) is 5.02 Å². The number of rotatable bonds is 4. The third-order valence-electron chi connectivity index (χ3n) is 3.20. The number of nitrogens with zero attached hydrogens (tertiary/aromatic N) is 2. The van der Waals surface area contributed by atoms with Crippen molar-refractivity contribution in [1.82, 2.24) is 15.1 Å². The minimum absolute atomic E-state index is 0.722. The van der Waals surface area contributed by atoms with Crippen molar-refractivity contribution in [1.29, 1.82) is 0 Å². The third kappa shape index (κ3) is 2.57. The van der Waals surface area contributed by atoms with E-state index in [9.17, 15) is 0 Å². The van der Waals surface area contributed by atoms with Crippen LogP contribution < -0.4 is 5.32 Å². The van der Waals surface area contributed by atoms with Crippen LogP contribution in [0.4, 0.5) is 0 Å². The highest BCUT2D eigenvalue weighted by molar-refractivity contribution is 6.33. The molecule has 0 radical (unpaired) electrons. The van der Waals surface area contributed by atoms with E-state index in [0.717, 1.165) is 28.9 Å². The molecule has 1 aliphatic carbocycles. The first kappa shape index (κ1) is 11.8. The highest BCUT2D eigenvalue weighted by Crippen LogP contribution is 2.27. The molecule has 18 heavy (non-hydrogen) atoms. The summed E-state index contributed by atoms with van der Waals surface area (Å²) in [6, 6.07) is 8.89. The van der Waals surface area contributed by atoms with Crippen molar-refractivity contribution < 1.29 is 0 Å². The topological polar surface area (TPSA) is 29.9 Å². The van der Waals surface area contributed by atoms with Gasteiger partial charge in [-0.2, -0.15) is 5.10 Å². The van der Waals surface area contributed by atoms with Crippen LogP contribution in [0.3, 0.4) is 0 Å². The van der Waals surface area contributed by atoms with Crippen molar-refractivity contribution in [2.45, 2.75) is 25.4 Å². The van der Waals surface area contributed by atoms with Crippen LogP contribution in [0.25, 0.3) is 11.3 Å². The zero-order valence-electron chi connectivity index (χ0n) is 10.4. The lowest BCUT2D eigenvalue weighted by atomic mass is 10.1. The van der Waals surface area contributed by atoms with Gasteiger partial charge < -0.3 is 5.32 Å². The zero-order chi connectivity index (χ0) is 12.5. The molecule has 1 fully saturated rings. The summed E-state index contributed by atoms with van der Waals surface area (Å²) in [4.78, 5) is 0. The first-order chi connectivity index (χ1) is 8.72. The van der Waals surface area contributed by atoms with E-state index in [1.807, 2.05) is 25.4 Å². The van der Waals surface area contributed by atoms with Gasteiger partial charge in [-0.3, -0.25) is 4.68 Å². The molecule has 1 aliphatic rings. The summed E-state index contributed by atoms with van der Waals surface area (Å²) in [6.45, 7) is 0.896. The van der Waals surface area contributed by atoms with Gasteiger partial charge >= 0.3 is 0 Å². The van der Waals surface area contributed by atoms with Crippen molar-refractivity contribution in [3.05, 3.63) is 41.0 Å². The molecule has 0 atom stereocenters. The molecule has 3 nitrogen and oxygen atoms in total. The summed E-state index contributed by atoms with van der Waals surface area (Å²) >= 11 is 6.33. The Balaban J connectivity index is 1.79. The Morgan fingerprint density at radius 1 is 1.39 bits per heavy atom. The predicted octanol–water partition coefficient (Wildman–Crippen LogP) is 2.99. The molecule has 0 bridgehead atoms. The molecular weight excluding hydrogens is 246 g/mol. The molecule has 94 valence electrons. The van der Waals surface area contributed by atoms with Crippen LogP contribution >= 0.6 is 11.6 Å². The van der Waals surface area contributed by atoms with Crippen LogP contribution in [0.1, 0.15) is 18.4 Å². The van der Waals surface area contributed by atoms with Crippen molar-refractivity contribution >= 4 is 11.6 Å². The maximum atomic E-state index is 6.33. The highest BCUT2D eigenvalue weighted by Gasteiger charge is 2.20. The van der Waals surface area contributed by atoms with E-state index in [4.69, 9.17) is 11.6 Å². The van der Waals surface area contributed by atoms with Gasteiger partial charge in [0.15, 0.2) is 0 Å². The van der Waals surface area contributed by atoms with Gasteiger partial charge in [-0.1, -0.05) is 23.7 Å². The highest BCUT2D eigenvalue weighted by atomic mass is 35.5. The Bertz CT molecular complexity index is 558. The summed E-state index contributed by atoms with van der Waals surface area (Å²) in [5.41, 5.74) is 3.14.